The van der Waals surface area contributed by atoms with Crippen LogP contribution in [0.15, 0.2) is 36.5 Å². The maximum atomic E-state index is 14.2. The number of aromatic nitrogens is 1. The fourth-order valence-electron chi connectivity index (χ4n) is 2.65. The molecule has 0 fully saturated rings. The molecule has 2 N–H and O–H groups in total. The van der Waals surface area contributed by atoms with Crippen molar-refractivity contribution < 1.29 is 32.0 Å². The van der Waals surface area contributed by atoms with Gasteiger partial charge in [0.25, 0.3) is 0 Å². The normalized spacial score (nSPS) is 15.5. The molecule has 1 aromatic carbocycles. The van der Waals surface area contributed by atoms with Gasteiger partial charge in [-0.05, 0) is 56.7 Å². The number of carboxylic acids is 1. The number of pyridine rings is 1. The second kappa shape index (κ2) is 8.70. The Kier molecular flexibility index (Phi) is 7.07. The highest BCUT2D eigenvalue weighted by atomic mass is 35.5. The lowest BCUT2D eigenvalue weighted by molar-refractivity contribution is -0.138. The van der Waals surface area contributed by atoms with Gasteiger partial charge in [-0.15, -0.1) is 4.72 Å². The van der Waals surface area contributed by atoms with E-state index in [1.165, 1.54) is 18.3 Å². The monoisotopic (exact) mass is 466 g/mol. The molecule has 1 aromatic heterocycles. The quantitative estimate of drug-likeness (QED) is 0.477. The zero-order valence-electron chi connectivity index (χ0n) is 16.2. The molecule has 0 bridgehead atoms. The molecule has 0 saturated heterocycles. The molecule has 164 valence electrons. The summed E-state index contributed by atoms with van der Waals surface area (Å²) in [5.41, 5.74) is -3.81. The summed E-state index contributed by atoms with van der Waals surface area (Å²) in [6.07, 6.45) is -4.58. The second-order valence-corrected chi connectivity index (χ2v) is 9.95. The molecule has 2 aromatic rings. The highest BCUT2D eigenvalue weighted by molar-refractivity contribution is 7.90. The molecular weight excluding hydrogens is 448 g/mol. The van der Waals surface area contributed by atoms with E-state index in [2.05, 4.69) is 9.71 Å². The van der Waals surface area contributed by atoms with Crippen molar-refractivity contribution in [1.29, 1.82) is 0 Å². The molecule has 1 heterocycles. The Balaban J connectivity index is 2.84. The van der Waals surface area contributed by atoms with Crippen LogP contribution in [0.5, 0.6) is 0 Å². The largest absolute Gasteiger partial charge is 0.598 e. The highest BCUT2D eigenvalue weighted by Gasteiger charge is 2.46. The molecule has 5 nitrogen and oxygen atoms in total. The molecule has 0 aliphatic rings. The Morgan fingerprint density at radius 2 is 1.80 bits per heavy atom. The van der Waals surface area contributed by atoms with Crippen molar-refractivity contribution in [2.24, 2.45) is 0 Å². The van der Waals surface area contributed by atoms with Gasteiger partial charge in [0.15, 0.2) is 0 Å². The number of alkyl halides is 3. The van der Waals surface area contributed by atoms with Gasteiger partial charge in [0.2, 0.25) is 0 Å². The minimum Gasteiger partial charge on any atom is -0.598 e. The summed E-state index contributed by atoms with van der Waals surface area (Å²) in [4.78, 5) is 15.8. The highest BCUT2D eigenvalue weighted by Crippen LogP contribution is 2.39. The van der Waals surface area contributed by atoms with Crippen molar-refractivity contribution in [2.45, 2.75) is 43.7 Å². The van der Waals surface area contributed by atoms with Crippen molar-refractivity contribution in [2.75, 3.05) is 0 Å². The van der Waals surface area contributed by atoms with Gasteiger partial charge in [0.05, 0.1) is 22.7 Å². The number of halogens is 5. The summed E-state index contributed by atoms with van der Waals surface area (Å²) in [6, 6.07) is 4.32. The maximum absolute atomic E-state index is 14.2. The lowest BCUT2D eigenvalue weighted by Gasteiger charge is -2.37. The first kappa shape index (κ1) is 24.4. The molecule has 0 amide bonds. The Bertz CT molecular complexity index is 919. The summed E-state index contributed by atoms with van der Waals surface area (Å²) in [7, 11) is 0. The minimum absolute atomic E-state index is 0.0781. The van der Waals surface area contributed by atoms with Crippen LogP contribution in [0, 0.1) is 5.82 Å². The van der Waals surface area contributed by atoms with E-state index in [4.69, 9.17) is 11.6 Å². The summed E-state index contributed by atoms with van der Waals surface area (Å²) in [6.45, 7) is 4.76. The molecule has 2 rings (SSSR count). The van der Waals surface area contributed by atoms with Crippen molar-refractivity contribution >= 4 is 28.9 Å². The van der Waals surface area contributed by atoms with Gasteiger partial charge >= 0.3 is 12.1 Å². The number of hydrogen-bond acceptors (Lipinski definition) is 4. The third-order valence-corrected chi connectivity index (χ3v) is 5.99. The molecule has 0 radical (unpaired) electrons. The lowest BCUT2D eigenvalue weighted by atomic mass is 9.83. The first-order valence-electron chi connectivity index (χ1n) is 8.57. The summed E-state index contributed by atoms with van der Waals surface area (Å²) in [5, 5.41) is 9.72. The predicted molar refractivity (Wildman–Crippen MR) is 105 cm³/mol. The third kappa shape index (κ3) is 5.63. The molecule has 11 heteroatoms. The van der Waals surface area contributed by atoms with E-state index < -0.39 is 51.6 Å². The fourth-order valence-corrected chi connectivity index (χ4v) is 3.68. The molecule has 0 saturated carbocycles. The van der Waals surface area contributed by atoms with Crippen molar-refractivity contribution in [3.8, 4) is 0 Å². The molecular formula is C19H19ClF4N2O3S. The standard InChI is InChI=1S/C19H19ClF4N2O3S/c1-17(2,3)30(29)26-18(9-16(27)28,15-5-4-13(20)10-25-15)11-6-12(19(22,23)24)8-14(21)7-11/h4-8,10,26H,9H2,1-3H3,(H,27,28)/t18-,30+/m0/s1. The SMILES string of the molecule is CC(C)(C)[S@@+]([O-])N[C@@](CC(=O)O)(c1cc(F)cc(C(F)(F)F)c1)c1ccc(Cl)cn1. The van der Waals surface area contributed by atoms with E-state index in [9.17, 15) is 32.0 Å². The van der Waals surface area contributed by atoms with Crippen LogP contribution < -0.4 is 4.72 Å². The molecule has 2 atom stereocenters. The van der Waals surface area contributed by atoms with Gasteiger partial charge < -0.3 is 9.66 Å². The van der Waals surface area contributed by atoms with Crippen LogP contribution in [0.2, 0.25) is 5.02 Å². The Morgan fingerprint density at radius 1 is 1.20 bits per heavy atom. The summed E-state index contributed by atoms with van der Waals surface area (Å²) < 4.78 is 68.7. The van der Waals surface area contributed by atoms with Gasteiger partial charge in [-0.2, -0.15) is 13.2 Å². The second-order valence-electron chi connectivity index (χ2n) is 7.55. The minimum atomic E-state index is -4.89. The third-order valence-electron chi connectivity index (χ3n) is 4.12. The fraction of sp³-hybridized carbons (Fsp3) is 0.368. The number of hydrogen-bond donors (Lipinski definition) is 2. The summed E-state index contributed by atoms with van der Waals surface area (Å²) in [5.74, 6) is -2.66. The first-order valence-corrected chi connectivity index (χ1v) is 10.1. The first-order chi connectivity index (χ1) is 13.6. The number of carboxylic acid groups (broad SMARTS) is 1. The van der Waals surface area contributed by atoms with Gasteiger partial charge in [-0.3, -0.25) is 9.78 Å². The van der Waals surface area contributed by atoms with Crippen molar-refractivity contribution in [3.63, 3.8) is 0 Å². The average molecular weight is 467 g/mol. The summed E-state index contributed by atoms with van der Waals surface area (Å²) >= 11 is 3.88. The van der Waals surface area contributed by atoms with E-state index in [-0.39, 0.29) is 16.3 Å². The van der Waals surface area contributed by atoms with Crippen molar-refractivity contribution in [1.82, 2.24) is 9.71 Å². The van der Waals surface area contributed by atoms with Crippen LogP contribution in [0.25, 0.3) is 0 Å². The van der Waals surface area contributed by atoms with Crippen LogP contribution in [0.3, 0.4) is 0 Å². The molecule has 0 spiro atoms. The van der Waals surface area contributed by atoms with Crippen molar-refractivity contribution in [3.05, 3.63) is 64.2 Å². The Hall–Kier alpha value is -1.88. The van der Waals surface area contributed by atoms with E-state index in [0.717, 1.165) is 6.07 Å². The topological polar surface area (TPSA) is 85.3 Å². The van der Waals surface area contributed by atoms with Crippen LogP contribution in [0.1, 0.15) is 44.0 Å². The van der Waals surface area contributed by atoms with E-state index in [0.29, 0.717) is 12.1 Å². The Morgan fingerprint density at radius 3 is 2.27 bits per heavy atom. The molecule has 0 aliphatic carbocycles. The number of rotatable bonds is 6. The van der Waals surface area contributed by atoms with Crippen LogP contribution in [-0.2, 0) is 27.9 Å². The maximum Gasteiger partial charge on any atom is 0.416 e. The molecule has 30 heavy (non-hydrogen) atoms. The number of carbonyl (C=O) groups is 1. The van der Waals surface area contributed by atoms with Gasteiger partial charge in [-0.1, -0.05) is 11.6 Å². The number of nitrogens with zero attached hydrogens (tertiary/aromatic N) is 1. The number of aliphatic carboxylic acids is 1. The lowest BCUT2D eigenvalue weighted by Crippen LogP contribution is -2.53. The number of benzene rings is 1. The molecule has 0 aliphatic heterocycles. The predicted octanol–water partition coefficient (Wildman–Crippen LogP) is 4.66. The average Bonchev–Trinajstić information content (AvgIpc) is 2.59. The van der Waals surface area contributed by atoms with E-state index in [1.807, 2.05) is 0 Å². The smallest absolute Gasteiger partial charge is 0.416 e. The number of nitrogens with one attached hydrogen (secondary N) is 1. The van der Waals surface area contributed by atoms with Crippen LogP contribution in [-0.4, -0.2) is 25.4 Å². The van der Waals surface area contributed by atoms with Gasteiger partial charge in [0.1, 0.15) is 16.1 Å². The van der Waals surface area contributed by atoms with Crippen LogP contribution >= 0.6 is 11.6 Å². The molecule has 0 unspecified atom stereocenters. The van der Waals surface area contributed by atoms with E-state index >= 15 is 0 Å². The van der Waals surface area contributed by atoms with E-state index in [1.54, 1.807) is 20.8 Å². The van der Waals surface area contributed by atoms with Gasteiger partial charge in [-0.25, -0.2) is 4.39 Å². The zero-order valence-corrected chi connectivity index (χ0v) is 17.8. The van der Waals surface area contributed by atoms with Crippen LogP contribution in [0.4, 0.5) is 17.6 Å². The zero-order chi connectivity index (χ0) is 22.9. The Labute approximate surface area is 178 Å². The van der Waals surface area contributed by atoms with Gasteiger partial charge in [0, 0.05) is 17.6 Å².